The molecule has 0 aliphatic carbocycles. The van der Waals surface area contributed by atoms with E-state index in [9.17, 15) is 4.79 Å². The Morgan fingerprint density at radius 1 is 1.26 bits per heavy atom. The molecular formula is C18H23N3OS. The number of carbonyl (C=O) groups is 1. The Morgan fingerprint density at radius 2 is 2.04 bits per heavy atom. The molecule has 0 atom stereocenters. The quantitative estimate of drug-likeness (QED) is 0.911. The summed E-state index contributed by atoms with van der Waals surface area (Å²) < 4.78 is 0. The molecule has 1 saturated heterocycles. The van der Waals surface area contributed by atoms with Crippen LogP contribution >= 0.6 is 11.3 Å². The fourth-order valence-corrected chi connectivity index (χ4v) is 3.65. The molecule has 1 N–H and O–H groups in total. The van der Waals surface area contributed by atoms with Crippen molar-refractivity contribution in [1.82, 2.24) is 9.88 Å². The molecule has 1 fully saturated rings. The molecule has 5 heteroatoms. The minimum absolute atomic E-state index is 0.00169. The number of nitrogens with zero attached hydrogens (tertiary/aromatic N) is 2. The first-order valence-corrected chi connectivity index (χ1v) is 9.10. The van der Waals surface area contributed by atoms with Crippen molar-refractivity contribution in [2.75, 3.05) is 18.4 Å². The summed E-state index contributed by atoms with van der Waals surface area (Å²) in [5.74, 6) is -0.00169. The summed E-state index contributed by atoms with van der Waals surface area (Å²) in [6.07, 6.45) is 4.30. The van der Waals surface area contributed by atoms with Gasteiger partial charge in [0.15, 0.2) is 5.13 Å². The van der Waals surface area contributed by atoms with Gasteiger partial charge in [-0.15, -0.1) is 11.3 Å². The zero-order chi connectivity index (χ0) is 16.1. The van der Waals surface area contributed by atoms with Gasteiger partial charge in [-0.3, -0.25) is 9.69 Å². The molecule has 122 valence electrons. The van der Waals surface area contributed by atoms with Gasteiger partial charge in [-0.25, -0.2) is 4.98 Å². The second-order valence-electron chi connectivity index (χ2n) is 6.13. The number of benzene rings is 1. The molecule has 0 radical (unpaired) electrons. The van der Waals surface area contributed by atoms with Gasteiger partial charge in [-0.2, -0.15) is 0 Å². The lowest BCUT2D eigenvalue weighted by atomic mass is 10.1. The van der Waals surface area contributed by atoms with Crippen LogP contribution in [0.1, 0.15) is 36.1 Å². The number of hydrogen-bond acceptors (Lipinski definition) is 4. The van der Waals surface area contributed by atoms with Crippen LogP contribution in [0.25, 0.3) is 0 Å². The van der Waals surface area contributed by atoms with Gasteiger partial charge >= 0.3 is 0 Å². The van der Waals surface area contributed by atoms with E-state index in [0.717, 1.165) is 36.5 Å². The van der Waals surface area contributed by atoms with Crippen molar-refractivity contribution in [3.63, 3.8) is 0 Å². The third-order valence-electron chi connectivity index (χ3n) is 4.24. The largest absolute Gasteiger partial charge is 0.302 e. The molecule has 1 aromatic heterocycles. The number of aromatic nitrogens is 1. The van der Waals surface area contributed by atoms with Crippen LogP contribution in [0.2, 0.25) is 0 Å². The topological polar surface area (TPSA) is 45.2 Å². The Labute approximate surface area is 141 Å². The minimum Gasteiger partial charge on any atom is -0.302 e. The highest BCUT2D eigenvalue weighted by molar-refractivity contribution is 7.13. The first-order valence-electron chi connectivity index (χ1n) is 8.22. The monoisotopic (exact) mass is 329 g/mol. The number of rotatable bonds is 5. The van der Waals surface area contributed by atoms with Crippen molar-refractivity contribution in [3.05, 3.63) is 46.5 Å². The molecule has 1 amide bonds. The molecule has 23 heavy (non-hydrogen) atoms. The van der Waals surface area contributed by atoms with Gasteiger partial charge in [0.25, 0.3) is 0 Å². The fourth-order valence-electron chi connectivity index (χ4n) is 2.93. The highest BCUT2D eigenvalue weighted by atomic mass is 32.1. The van der Waals surface area contributed by atoms with E-state index >= 15 is 0 Å². The molecule has 0 unspecified atom stereocenters. The SMILES string of the molecule is Cc1ccccc1CC(=O)Nc1nc(CN2CCCCC2)cs1. The van der Waals surface area contributed by atoms with Crippen LogP contribution in [0.15, 0.2) is 29.6 Å². The maximum Gasteiger partial charge on any atom is 0.230 e. The highest BCUT2D eigenvalue weighted by Gasteiger charge is 2.13. The summed E-state index contributed by atoms with van der Waals surface area (Å²) in [4.78, 5) is 19.2. The normalized spacial score (nSPS) is 15.5. The summed E-state index contributed by atoms with van der Waals surface area (Å²) in [6, 6.07) is 7.99. The second-order valence-corrected chi connectivity index (χ2v) is 6.99. The van der Waals surface area contributed by atoms with Crippen molar-refractivity contribution in [2.24, 2.45) is 0 Å². The van der Waals surface area contributed by atoms with Crippen molar-refractivity contribution in [2.45, 2.75) is 39.2 Å². The third kappa shape index (κ3) is 4.62. The molecule has 2 heterocycles. The van der Waals surface area contributed by atoms with E-state index in [1.54, 1.807) is 0 Å². The first-order chi connectivity index (χ1) is 11.2. The van der Waals surface area contributed by atoms with Gasteiger partial charge in [0, 0.05) is 11.9 Å². The Morgan fingerprint density at radius 3 is 2.83 bits per heavy atom. The predicted octanol–water partition coefficient (Wildman–Crippen LogP) is 3.62. The van der Waals surface area contributed by atoms with Crippen LogP contribution in [0.3, 0.4) is 0 Å². The lowest BCUT2D eigenvalue weighted by Crippen LogP contribution is -2.29. The molecule has 1 aliphatic rings. The smallest absolute Gasteiger partial charge is 0.230 e. The minimum atomic E-state index is -0.00169. The van der Waals surface area contributed by atoms with Crippen LogP contribution in [-0.2, 0) is 17.8 Å². The van der Waals surface area contributed by atoms with Crippen LogP contribution in [0.4, 0.5) is 5.13 Å². The molecule has 2 aromatic rings. The van der Waals surface area contributed by atoms with E-state index in [4.69, 9.17) is 0 Å². The van der Waals surface area contributed by atoms with E-state index < -0.39 is 0 Å². The predicted molar refractivity (Wildman–Crippen MR) is 94.8 cm³/mol. The van der Waals surface area contributed by atoms with E-state index in [1.165, 1.54) is 30.6 Å². The average Bonchev–Trinajstić information content (AvgIpc) is 2.97. The molecule has 0 saturated carbocycles. The molecule has 1 aliphatic heterocycles. The maximum atomic E-state index is 12.2. The molecular weight excluding hydrogens is 306 g/mol. The summed E-state index contributed by atoms with van der Waals surface area (Å²) in [7, 11) is 0. The van der Waals surface area contributed by atoms with E-state index in [2.05, 4.69) is 20.6 Å². The van der Waals surface area contributed by atoms with Gasteiger partial charge < -0.3 is 5.32 Å². The Kier molecular flexibility index (Phi) is 5.41. The van der Waals surface area contributed by atoms with Crippen molar-refractivity contribution in [3.8, 4) is 0 Å². The summed E-state index contributed by atoms with van der Waals surface area (Å²) in [6.45, 7) is 5.24. The Balaban J connectivity index is 1.54. The lowest BCUT2D eigenvalue weighted by molar-refractivity contribution is -0.115. The Hall–Kier alpha value is -1.72. The van der Waals surface area contributed by atoms with E-state index in [1.807, 2.05) is 31.2 Å². The number of likely N-dealkylation sites (tertiary alicyclic amines) is 1. The lowest BCUT2D eigenvalue weighted by Gasteiger charge is -2.25. The van der Waals surface area contributed by atoms with Gasteiger partial charge in [-0.1, -0.05) is 30.7 Å². The molecule has 4 nitrogen and oxygen atoms in total. The first kappa shape index (κ1) is 16.1. The number of carbonyl (C=O) groups excluding carboxylic acids is 1. The third-order valence-corrected chi connectivity index (χ3v) is 5.05. The zero-order valence-electron chi connectivity index (χ0n) is 13.5. The number of thiazole rings is 1. The Bertz CT molecular complexity index is 662. The van der Waals surface area contributed by atoms with Crippen LogP contribution in [0, 0.1) is 6.92 Å². The number of nitrogens with one attached hydrogen (secondary N) is 1. The van der Waals surface area contributed by atoms with Gasteiger partial charge in [-0.05, 0) is 44.0 Å². The number of anilines is 1. The number of piperidine rings is 1. The van der Waals surface area contributed by atoms with Crippen LogP contribution < -0.4 is 5.32 Å². The molecule has 0 bridgehead atoms. The second kappa shape index (κ2) is 7.70. The van der Waals surface area contributed by atoms with E-state index in [0.29, 0.717) is 11.6 Å². The molecule has 0 spiro atoms. The fraction of sp³-hybridized carbons (Fsp3) is 0.444. The van der Waals surface area contributed by atoms with Crippen molar-refractivity contribution in [1.29, 1.82) is 0 Å². The maximum absolute atomic E-state index is 12.2. The average molecular weight is 329 g/mol. The van der Waals surface area contributed by atoms with Gasteiger partial charge in [0.2, 0.25) is 5.91 Å². The zero-order valence-corrected chi connectivity index (χ0v) is 14.4. The van der Waals surface area contributed by atoms with Gasteiger partial charge in [0.05, 0.1) is 12.1 Å². The standard InChI is InChI=1S/C18H23N3OS/c1-14-7-3-4-8-15(14)11-17(22)20-18-19-16(13-23-18)12-21-9-5-2-6-10-21/h3-4,7-8,13H,2,5-6,9-12H2,1H3,(H,19,20,22). The summed E-state index contributed by atoms with van der Waals surface area (Å²) in [5.41, 5.74) is 3.27. The van der Waals surface area contributed by atoms with Crippen molar-refractivity contribution < 1.29 is 4.79 Å². The van der Waals surface area contributed by atoms with Crippen LogP contribution in [0.5, 0.6) is 0 Å². The highest BCUT2D eigenvalue weighted by Crippen LogP contribution is 2.19. The van der Waals surface area contributed by atoms with Crippen molar-refractivity contribution >= 4 is 22.4 Å². The number of hydrogen-bond donors (Lipinski definition) is 1. The summed E-state index contributed by atoms with van der Waals surface area (Å²) in [5, 5.41) is 5.68. The molecule has 3 rings (SSSR count). The molecule has 1 aromatic carbocycles. The van der Waals surface area contributed by atoms with E-state index in [-0.39, 0.29) is 5.91 Å². The summed E-state index contributed by atoms with van der Waals surface area (Å²) >= 11 is 1.51. The number of aryl methyl sites for hydroxylation is 1. The van der Waals surface area contributed by atoms with Crippen LogP contribution in [-0.4, -0.2) is 28.9 Å². The number of amides is 1. The van der Waals surface area contributed by atoms with Gasteiger partial charge in [0.1, 0.15) is 0 Å².